The van der Waals surface area contributed by atoms with Gasteiger partial charge >= 0.3 is 0 Å². The zero-order valence-electron chi connectivity index (χ0n) is 27.2. The van der Waals surface area contributed by atoms with Gasteiger partial charge in [-0.15, -0.1) is 0 Å². The summed E-state index contributed by atoms with van der Waals surface area (Å²) >= 11 is 0. The maximum atomic E-state index is 6.71. The minimum Gasteiger partial charge on any atom is -0.456 e. The van der Waals surface area contributed by atoms with Crippen molar-refractivity contribution in [2.75, 3.05) is 4.90 Å². The van der Waals surface area contributed by atoms with Gasteiger partial charge in [-0.25, -0.2) is 0 Å². The molecule has 2 heteroatoms. The number of para-hydroxylation sites is 1. The Hall–Kier alpha value is -5.86. The molecule has 1 aromatic heterocycles. The Balaban J connectivity index is 1.30. The Bertz CT molecular complexity index is 2370. The Morgan fingerprint density at radius 2 is 1.06 bits per heavy atom. The van der Waals surface area contributed by atoms with Crippen molar-refractivity contribution in [1.29, 1.82) is 0 Å². The molecule has 0 radical (unpaired) electrons. The molecule has 0 bridgehead atoms. The van der Waals surface area contributed by atoms with Crippen LogP contribution < -0.4 is 4.90 Å². The van der Waals surface area contributed by atoms with Crippen molar-refractivity contribution in [1.82, 2.24) is 0 Å². The van der Waals surface area contributed by atoms with E-state index in [1.807, 2.05) is 0 Å². The summed E-state index contributed by atoms with van der Waals surface area (Å²) in [6, 6.07) is 59.0. The molecule has 0 fully saturated rings. The fraction of sp³-hybridized carbons (Fsp3) is 0.0870. The number of rotatable bonds is 6. The summed E-state index contributed by atoms with van der Waals surface area (Å²) in [6.45, 7) is 4.72. The monoisotopic (exact) mass is 617 g/mol. The minimum atomic E-state index is -0.277. The molecule has 0 amide bonds. The van der Waals surface area contributed by atoms with E-state index in [9.17, 15) is 0 Å². The van der Waals surface area contributed by atoms with Crippen LogP contribution in [0.5, 0.6) is 0 Å². The Labute approximate surface area is 281 Å². The van der Waals surface area contributed by atoms with Crippen molar-refractivity contribution < 1.29 is 4.42 Å². The number of fused-ring (bicyclic) bond motifs is 7. The van der Waals surface area contributed by atoms with Gasteiger partial charge in [-0.05, 0) is 87.8 Å². The van der Waals surface area contributed by atoms with Crippen LogP contribution in [0.3, 0.4) is 0 Å². The zero-order chi connectivity index (χ0) is 32.2. The van der Waals surface area contributed by atoms with Gasteiger partial charge in [0.1, 0.15) is 11.2 Å². The van der Waals surface area contributed by atoms with Gasteiger partial charge in [0, 0.05) is 33.1 Å². The molecule has 230 valence electrons. The predicted octanol–water partition coefficient (Wildman–Crippen LogP) is 13.1. The molecule has 9 rings (SSSR count). The van der Waals surface area contributed by atoms with Crippen LogP contribution in [0.25, 0.3) is 55.3 Å². The molecule has 1 aliphatic rings. The number of furan rings is 1. The number of hydrogen-bond donors (Lipinski definition) is 0. The second-order valence-corrected chi connectivity index (χ2v) is 13.0. The number of nitrogens with zero attached hydrogens (tertiary/aromatic N) is 1. The normalized spacial score (nSPS) is 15.0. The first-order valence-corrected chi connectivity index (χ1v) is 16.8. The minimum absolute atomic E-state index is 0.277. The van der Waals surface area contributed by atoms with Gasteiger partial charge in [0.2, 0.25) is 0 Å². The van der Waals surface area contributed by atoms with Crippen molar-refractivity contribution in [3.63, 3.8) is 0 Å². The number of anilines is 3. The average Bonchev–Trinajstić information content (AvgIpc) is 3.66. The highest BCUT2D eigenvalue weighted by Crippen LogP contribution is 2.58. The van der Waals surface area contributed by atoms with Crippen molar-refractivity contribution in [3.05, 3.63) is 175 Å². The lowest BCUT2D eigenvalue weighted by atomic mass is 9.76. The number of hydrogen-bond acceptors (Lipinski definition) is 2. The SMILES string of the molecule is CCC1(C)c2c(cccc2N(c2cccc(-c3ccccc3)c2)c2cccc(-c3ccccc3)c2)-c2ccc3c(oc4ccccc43)c21. The van der Waals surface area contributed by atoms with Gasteiger partial charge in [-0.1, -0.05) is 135 Å². The second kappa shape index (κ2) is 11.1. The molecular formula is C46H35NO. The zero-order valence-corrected chi connectivity index (χ0v) is 27.2. The van der Waals surface area contributed by atoms with Crippen LogP contribution >= 0.6 is 0 Å². The van der Waals surface area contributed by atoms with Gasteiger partial charge in [0.05, 0.1) is 5.69 Å². The molecule has 1 unspecified atom stereocenters. The summed E-state index contributed by atoms with van der Waals surface area (Å²) in [5, 5.41) is 2.35. The van der Waals surface area contributed by atoms with Gasteiger partial charge in [-0.2, -0.15) is 0 Å². The van der Waals surface area contributed by atoms with Gasteiger partial charge in [-0.3, -0.25) is 0 Å². The van der Waals surface area contributed by atoms with E-state index < -0.39 is 0 Å². The van der Waals surface area contributed by atoms with Crippen LogP contribution in [0.1, 0.15) is 31.4 Å². The molecule has 0 N–H and O–H groups in total. The summed E-state index contributed by atoms with van der Waals surface area (Å²) in [5.41, 5.74) is 15.1. The molecule has 48 heavy (non-hydrogen) atoms. The number of benzene rings is 7. The Kier molecular flexibility index (Phi) is 6.58. The van der Waals surface area contributed by atoms with Gasteiger partial charge < -0.3 is 9.32 Å². The van der Waals surface area contributed by atoms with Gasteiger partial charge in [0.15, 0.2) is 0 Å². The maximum absolute atomic E-state index is 6.71. The fourth-order valence-electron chi connectivity index (χ4n) is 7.91. The molecule has 8 aromatic rings. The van der Waals surface area contributed by atoms with Crippen LogP contribution in [-0.2, 0) is 5.41 Å². The summed E-state index contributed by atoms with van der Waals surface area (Å²) in [5.74, 6) is 0. The highest BCUT2D eigenvalue weighted by atomic mass is 16.3. The van der Waals surface area contributed by atoms with Crippen LogP contribution in [0.15, 0.2) is 168 Å². The summed E-state index contributed by atoms with van der Waals surface area (Å²) in [4.78, 5) is 2.47. The van der Waals surface area contributed by atoms with Crippen LogP contribution in [0, 0.1) is 0 Å². The highest BCUT2D eigenvalue weighted by molar-refractivity contribution is 6.09. The van der Waals surface area contributed by atoms with Crippen LogP contribution in [0.2, 0.25) is 0 Å². The van der Waals surface area contributed by atoms with Gasteiger partial charge in [0.25, 0.3) is 0 Å². The van der Waals surface area contributed by atoms with E-state index in [1.165, 1.54) is 61.0 Å². The fourth-order valence-corrected chi connectivity index (χ4v) is 7.91. The van der Waals surface area contributed by atoms with E-state index in [2.05, 4.69) is 183 Å². The molecule has 0 spiro atoms. The third kappa shape index (κ3) is 4.33. The predicted molar refractivity (Wildman–Crippen MR) is 201 cm³/mol. The molecule has 2 nitrogen and oxygen atoms in total. The third-order valence-electron chi connectivity index (χ3n) is 10.4. The molecule has 0 saturated carbocycles. The van der Waals surface area contributed by atoms with Crippen molar-refractivity contribution in [3.8, 4) is 33.4 Å². The van der Waals surface area contributed by atoms with E-state index in [-0.39, 0.29) is 5.41 Å². The third-order valence-corrected chi connectivity index (χ3v) is 10.4. The lowest BCUT2D eigenvalue weighted by molar-refractivity contribution is 0.554. The van der Waals surface area contributed by atoms with Crippen LogP contribution in [-0.4, -0.2) is 0 Å². The first-order valence-electron chi connectivity index (χ1n) is 16.8. The Morgan fingerprint density at radius 3 is 1.71 bits per heavy atom. The largest absolute Gasteiger partial charge is 0.456 e. The quantitative estimate of drug-likeness (QED) is 0.185. The maximum Gasteiger partial charge on any atom is 0.140 e. The van der Waals surface area contributed by atoms with Crippen molar-refractivity contribution in [2.45, 2.75) is 25.7 Å². The van der Waals surface area contributed by atoms with E-state index in [1.54, 1.807) is 0 Å². The summed E-state index contributed by atoms with van der Waals surface area (Å²) in [7, 11) is 0. The smallest absolute Gasteiger partial charge is 0.140 e. The van der Waals surface area contributed by atoms with Crippen molar-refractivity contribution in [2.24, 2.45) is 0 Å². The average molecular weight is 618 g/mol. The van der Waals surface area contributed by atoms with Crippen molar-refractivity contribution >= 4 is 39.0 Å². The molecule has 1 atom stereocenters. The standard InChI is InChI=1S/C46H35NO/c1-3-46(2)43-38(39-27-28-40-37-23-10-11-26-42(37)48-45(40)44(39)46)24-14-25-41(43)47(35-21-12-19-33(29-35)31-15-6-4-7-16-31)36-22-13-20-34(30-36)32-17-8-5-9-18-32/h4-30H,3H2,1-2H3. The first-order chi connectivity index (χ1) is 23.6. The molecule has 0 saturated heterocycles. The summed E-state index contributed by atoms with van der Waals surface area (Å²) in [6.07, 6.45) is 0.933. The lowest BCUT2D eigenvalue weighted by Gasteiger charge is -2.34. The van der Waals surface area contributed by atoms with E-state index >= 15 is 0 Å². The first kappa shape index (κ1) is 28.4. The van der Waals surface area contributed by atoms with E-state index in [0.29, 0.717) is 0 Å². The highest BCUT2D eigenvalue weighted by Gasteiger charge is 2.43. The Morgan fingerprint density at radius 1 is 0.500 bits per heavy atom. The topological polar surface area (TPSA) is 16.4 Å². The van der Waals surface area contributed by atoms with E-state index in [4.69, 9.17) is 4.42 Å². The molecule has 0 aliphatic heterocycles. The molecular weight excluding hydrogens is 583 g/mol. The summed E-state index contributed by atoms with van der Waals surface area (Å²) < 4.78 is 6.71. The van der Waals surface area contributed by atoms with Crippen LogP contribution in [0.4, 0.5) is 17.1 Å². The van der Waals surface area contributed by atoms with E-state index in [0.717, 1.165) is 29.0 Å². The lowest BCUT2D eigenvalue weighted by Crippen LogP contribution is -2.23. The molecule has 7 aromatic carbocycles. The molecule has 1 aliphatic carbocycles. The second-order valence-electron chi connectivity index (χ2n) is 13.0. The molecule has 1 heterocycles.